The van der Waals surface area contributed by atoms with Crippen LogP contribution in [0.5, 0.6) is 0 Å². The molecule has 104 valence electrons. The number of aryl methyl sites for hydroxylation is 1. The van der Waals surface area contributed by atoms with Gasteiger partial charge in [-0.25, -0.2) is 13.1 Å². The maximum absolute atomic E-state index is 12.2. The van der Waals surface area contributed by atoms with E-state index in [9.17, 15) is 8.42 Å². The molecule has 0 aliphatic rings. The number of nitrogens with one attached hydrogen (secondary N) is 1. The SMILES string of the molecule is Cc1cc(C#N)ccc1S(=O)(=O)NC(C)CN(C)C. The van der Waals surface area contributed by atoms with Crippen LogP contribution in [0.3, 0.4) is 0 Å². The Morgan fingerprint density at radius 2 is 2.05 bits per heavy atom. The lowest BCUT2D eigenvalue weighted by Crippen LogP contribution is -2.39. The first-order valence-corrected chi connectivity index (χ1v) is 7.42. The highest BCUT2D eigenvalue weighted by Gasteiger charge is 2.19. The Labute approximate surface area is 114 Å². The Morgan fingerprint density at radius 1 is 1.42 bits per heavy atom. The summed E-state index contributed by atoms with van der Waals surface area (Å²) in [5.74, 6) is 0. The van der Waals surface area contributed by atoms with E-state index in [1.54, 1.807) is 13.0 Å². The van der Waals surface area contributed by atoms with Crippen LogP contribution in [0.2, 0.25) is 0 Å². The summed E-state index contributed by atoms with van der Waals surface area (Å²) in [5.41, 5.74) is 1.03. The number of nitriles is 1. The zero-order valence-corrected chi connectivity index (χ0v) is 12.5. The van der Waals surface area contributed by atoms with Gasteiger partial charge in [0.05, 0.1) is 16.5 Å². The highest BCUT2D eigenvalue weighted by Crippen LogP contribution is 2.16. The van der Waals surface area contributed by atoms with Gasteiger partial charge in [-0.2, -0.15) is 5.26 Å². The fraction of sp³-hybridized carbons (Fsp3) is 0.462. The van der Waals surface area contributed by atoms with Crippen molar-refractivity contribution in [2.75, 3.05) is 20.6 Å². The minimum atomic E-state index is -3.55. The van der Waals surface area contributed by atoms with Crippen LogP contribution in [0.4, 0.5) is 0 Å². The Bertz CT molecular complexity index is 588. The summed E-state index contributed by atoms with van der Waals surface area (Å²) in [4.78, 5) is 2.14. The van der Waals surface area contributed by atoms with Gasteiger partial charge in [-0.15, -0.1) is 0 Å². The molecule has 0 heterocycles. The Balaban J connectivity index is 2.98. The van der Waals surface area contributed by atoms with Crippen LogP contribution in [0.25, 0.3) is 0 Å². The molecule has 1 rings (SSSR count). The molecule has 0 aromatic heterocycles. The standard InChI is InChI=1S/C13H19N3O2S/c1-10-7-12(8-14)5-6-13(10)19(17,18)15-11(2)9-16(3)4/h5-7,11,15H,9H2,1-4H3. The lowest BCUT2D eigenvalue weighted by Gasteiger charge is -2.19. The van der Waals surface area contributed by atoms with Gasteiger partial charge in [0, 0.05) is 12.6 Å². The maximum atomic E-state index is 12.2. The average molecular weight is 281 g/mol. The summed E-state index contributed by atoms with van der Waals surface area (Å²) in [7, 11) is 0.226. The molecule has 6 heteroatoms. The smallest absolute Gasteiger partial charge is 0.241 e. The lowest BCUT2D eigenvalue weighted by molar-refractivity contribution is 0.370. The first kappa shape index (κ1) is 15.6. The highest BCUT2D eigenvalue weighted by atomic mass is 32.2. The summed E-state index contributed by atoms with van der Waals surface area (Å²) < 4.78 is 27.1. The van der Waals surface area contributed by atoms with Gasteiger partial charge in [-0.3, -0.25) is 0 Å². The van der Waals surface area contributed by atoms with Gasteiger partial charge < -0.3 is 4.90 Å². The molecule has 0 saturated carbocycles. The number of benzene rings is 1. The molecule has 5 nitrogen and oxygen atoms in total. The zero-order valence-electron chi connectivity index (χ0n) is 11.6. The number of likely N-dealkylation sites (N-methyl/N-ethyl adjacent to an activating group) is 1. The van der Waals surface area contributed by atoms with Gasteiger partial charge in [-0.1, -0.05) is 0 Å². The van der Waals surface area contributed by atoms with Crippen molar-refractivity contribution in [3.63, 3.8) is 0 Å². The molecular weight excluding hydrogens is 262 g/mol. The monoisotopic (exact) mass is 281 g/mol. The second-order valence-electron chi connectivity index (χ2n) is 4.88. The van der Waals surface area contributed by atoms with Crippen LogP contribution in [-0.2, 0) is 10.0 Å². The number of nitrogens with zero attached hydrogens (tertiary/aromatic N) is 2. The highest BCUT2D eigenvalue weighted by molar-refractivity contribution is 7.89. The largest absolute Gasteiger partial charge is 0.308 e. The van der Waals surface area contributed by atoms with Gasteiger partial charge in [0.2, 0.25) is 10.0 Å². The molecule has 0 radical (unpaired) electrons. The third kappa shape index (κ3) is 4.31. The molecule has 1 unspecified atom stereocenters. The first-order valence-electron chi connectivity index (χ1n) is 5.94. The van der Waals surface area contributed by atoms with E-state index in [4.69, 9.17) is 5.26 Å². The van der Waals surface area contributed by atoms with Gasteiger partial charge in [0.1, 0.15) is 0 Å². The van der Waals surface area contributed by atoms with Crippen LogP contribution >= 0.6 is 0 Å². The summed E-state index contributed by atoms with van der Waals surface area (Å²) in [6.07, 6.45) is 0. The van der Waals surface area contributed by atoms with Gasteiger partial charge >= 0.3 is 0 Å². The van der Waals surface area contributed by atoms with Crippen LogP contribution in [0.1, 0.15) is 18.1 Å². The van der Waals surface area contributed by atoms with Crippen molar-refractivity contribution in [3.05, 3.63) is 29.3 Å². The third-order valence-corrected chi connectivity index (χ3v) is 4.34. The molecule has 0 fully saturated rings. The van der Waals surface area contributed by atoms with Crippen molar-refractivity contribution in [1.82, 2.24) is 9.62 Å². The molecule has 0 aliphatic carbocycles. The summed E-state index contributed by atoms with van der Waals surface area (Å²) in [5, 5.41) is 8.78. The average Bonchev–Trinajstić information content (AvgIpc) is 2.26. The molecule has 0 amide bonds. The summed E-state index contributed by atoms with van der Waals surface area (Å²) in [6, 6.07) is 6.36. The minimum Gasteiger partial charge on any atom is -0.308 e. The van der Waals surface area contributed by atoms with Gasteiger partial charge in [-0.05, 0) is 51.7 Å². The molecule has 1 aromatic carbocycles. The second kappa shape index (κ2) is 6.15. The minimum absolute atomic E-state index is 0.185. The van der Waals surface area contributed by atoms with Crippen molar-refractivity contribution in [2.45, 2.75) is 24.8 Å². The Kier molecular flexibility index (Phi) is 5.06. The van der Waals surface area contributed by atoms with E-state index in [2.05, 4.69) is 4.72 Å². The molecule has 19 heavy (non-hydrogen) atoms. The zero-order chi connectivity index (χ0) is 14.6. The van der Waals surface area contributed by atoms with Crippen molar-refractivity contribution < 1.29 is 8.42 Å². The fourth-order valence-electron chi connectivity index (χ4n) is 1.93. The van der Waals surface area contributed by atoms with Gasteiger partial charge in [0.25, 0.3) is 0 Å². The first-order chi connectivity index (χ1) is 8.76. The predicted molar refractivity (Wildman–Crippen MR) is 74.2 cm³/mol. The molecular formula is C13H19N3O2S. The Morgan fingerprint density at radius 3 is 2.53 bits per heavy atom. The number of hydrogen-bond acceptors (Lipinski definition) is 4. The van der Waals surface area contributed by atoms with Crippen LogP contribution in [0.15, 0.2) is 23.1 Å². The molecule has 0 bridgehead atoms. The topological polar surface area (TPSA) is 73.2 Å². The van der Waals surface area contributed by atoms with E-state index in [-0.39, 0.29) is 10.9 Å². The van der Waals surface area contributed by atoms with Crippen molar-refractivity contribution in [3.8, 4) is 6.07 Å². The van der Waals surface area contributed by atoms with Gasteiger partial charge in [0.15, 0.2) is 0 Å². The second-order valence-corrected chi connectivity index (χ2v) is 6.56. The molecule has 0 spiro atoms. The van der Waals surface area contributed by atoms with E-state index < -0.39 is 10.0 Å². The van der Waals surface area contributed by atoms with Crippen LogP contribution in [-0.4, -0.2) is 40.0 Å². The number of hydrogen-bond donors (Lipinski definition) is 1. The lowest BCUT2D eigenvalue weighted by atomic mass is 10.2. The van der Waals surface area contributed by atoms with Crippen LogP contribution in [0, 0.1) is 18.3 Å². The van der Waals surface area contributed by atoms with E-state index in [1.807, 2.05) is 32.0 Å². The normalized spacial score (nSPS) is 13.3. The quantitative estimate of drug-likeness (QED) is 0.877. The molecule has 1 aromatic rings. The fourth-order valence-corrected chi connectivity index (χ4v) is 3.40. The third-order valence-electron chi connectivity index (χ3n) is 2.59. The van der Waals surface area contributed by atoms with E-state index in [1.165, 1.54) is 12.1 Å². The van der Waals surface area contributed by atoms with Crippen LogP contribution < -0.4 is 4.72 Å². The molecule has 1 atom stereocenters. The number of sulfonamides is 1. The van der Waals surface area contributed by atoms with Crippen molar-refractivity contribution in [1.29, 1.82) is 5.26 Å². The maximum Gasteiger partial charge on any atom is 0.241 e. The van der Waals surface area contributed by atoms with E-state index >= 15 is 0 Å². The van der Waals surface area contributed by atoms with Crippen molar-refractivity contribution in [2.24, 2.45) is 0 Å². The predicted octanol–water partition coefficient (Wildman–Crippen LogP) is 1.10. The van der Waals surface area contributed by atoms with E-state index in [0.29, 0.717) is 17.7 Å². The Hall–Kier alpha value is -1.42. The summed E-state index contributed by atoms with van der Waals surface area (Å²) in [6.45, 7) is 4.12. The molecule has 1 N–H and O–H groups in total. The molecule has 0 saturated heterocycles. The number of rotatable bonds is 5. The van der Waals surface area contributed by atoms with E-state index in [0.717, 1.165) is 0 Å². The summed E-state index contributed by atoms with van der Waals surface area (Å²) >= 11 is 0. The molecule has 0 aliphatic heterocycles. The van der Waals surface area contributed by atoms with Crippen molar-refractivity contribution >= 4 is 10.0 Å².